The molecule has 0 spiro atoms. The van der Waals surface area contributed by atoms with E-state index in [1.165, 1.54) is 12.1 Å². The topological polar surface area (TPSA) is 64.3 Å². The Balaban J connectivity index is 1.82. The normalized spacial score (nSPS) is 16.5. The van der Waals surface area contributed by atoms with Gasteiger partial charge in [-0.15, -0.1) is 0 Å². The van der Waals surface area contributed by atoms with E-state index >= 15 is 0 Å². The van der Waals surface area contributed by atoms with Gasteiger partial charge in [-0.3, -0.25) is 4.79 Å². The lowest BCUT2D eigenvalue weighted by molar-refractivity contribution is -0.0501. The molecule has 1 unspecified atom stereocenters. The average Bonchev–Trinajstić information content (AvgIpc) is 2.54. The Morgan fingerprint density at radius 1 is 1.25 bits per heavy atom. The van der Waals surface area contributed by atoms with Crippen LogP contribution >= 0.6 is 0 Å². The predicted octanol–water partition coefficient (Wildman–Crippen LogP) is 3.68. The van der Waals surface area contributed by atoms with Crippen molar-refractivity contribution >= 4 is 11.6 Å². The number of anilines is 1. The van der Waals surface area contributed by atoms with Crippen LogP contribution in [0.3, 0.4) is 0 Å². The zero-order valence-electron chi connectivity index (χ0n) is 13.0. The number of amides is 1. The summed E-state index contributed by atoms with van der Waals surface area (Å²) in [6.45, 7) is -2.97. The summed E-state index contributed by atoms with van der Waals surface area (Å²) >= 11 is 0. The summed E-state index contributed by atoms with van der Waals surface area (Å²) in [5, 5.41) is 2.92. The highest BCUT2D eigenvalue weighted by atomic mass is 19.3. The average molecular weight is 332 g/mol. The lowest BCUT2D eigenvalue weighted by Gasteiger charge is -2.27. The van der Waals surface area contributed by atoms with Crippen molar-refractivity contribution in [3.8, 4) is 5.75 Å². The Morgan fingerprint density at radius 2 is 2.04 bits per heavy atom. The second-order valence-electron chi connectivity index (χ2n) is 5.75. The van der Waals surface area contributed by atoms with E-state index in [0.29, 0.717) is 5.69 Å². The van der Waals surface area contributed by atoms with E-state index in [9.17, 15) is 13.6 Å². The number of halogens is 2. The second kappa shape index (κ2) is 6.86. The molecule has 0 saturated carbocycles. The van der Waals surface area contributed by atoms with Crippen LogP contribution < -0.4 is 15.8 Å². The number of benzene rings is 2. The molecule has 0 radical (unpaired) electrons. The lowest BCUT2D eigenvalue weighted by atomic mass is 9.87. The standard InChI is InChI=1S/C18H18F2N2O2/c19-18(20)24-16-7-2-1-5-14(16)17(23)22-15-6-3-4-11-10-12(21)8-9-13(11)15/h1-2,5,7-10,15,18H,3-4,6,21H2,(H,22,23). The molecule has 1 aliphatic carbocycles. The number of rotatable bonds is 4. The van der Waals surface area contributed by atoms with Gasteiger partial charge in [0.25, 0.3) is 5.91 Å². The van der Waals surface area contributed by atoms with Crippen molar-refractivity contribution in [2.45, 2.75) is 31.9 Å². The number of carbonyl (C=O) groups is 1. The number of hydrogen-bond donors (Lipinski definition) is 2. The van der Waals surface area contributed by atoms with Gasteiger partial charge in [0.15, 0.2) is 0 Å². The minimum atomic E-state index is -2.97. The molecular formula is C18H18F2N2O2. The van der Waals surface area contributed by atoms with Crippen LogP contribution in [0.4, 0.5) is 14.5 Å². The fourth-order valence-electron chi connectivity index (χ4n) is 3.07. The van der Waals surface area contributed by atoms with Gasteiger partial charge in [0.1, 0.15) is 5.75 Å². The van der Waals surface area contributed by atoms with Gasteiger partial charge in [-0.25, -0.2) is 0 Å². The zero-order chi connectivity index (χ0) is 17.1. The monoisotopic (exact) mass is 332 g/mol. The number of hydrogen-bond acceptors (Lipinski definition) is 3. The van der Waals surface area contributed by atoms with E-state index in [1.807, 2.05) is 12.1 Å². The Bertz CT molecular complexity index is 750. The fourth-order valence-corrected chi connectivity index (χ4v) is 3.07. The molecule has 2 aromatic rings. The van der Waals surface area contributed by atoms with Crippen LogP contribution in [0.5, 0.6) is 5.75 Å². The molecule has 1 atom stereocenters. The van der Waals surface area contributed by atoms with Crippen molar-refractivity contribution in [2.24, 2.45) is 0 Å². The predicted molar refractivity (Wildman–Crippen MR) is 87.1 cm³/mol. The highest BCUT2D eigenvalue weighted by molar-refractivity contribution is 5.97. The molecule has 126 valence electrons. The molecular weight excluding hydrogens is 314 g/mol. The molecule has 6 heteroatoms. The molecule has 2 aromatic carbocycles. The van der Waals surface area contributed by atoms with E-state index in [4.69, 9.17) is 5.73 Å². The second-order valence-corrected chi connectivity index (χ2v) is 5.75. The van der Waals surface area contributed by atoms with Gasteiger partial charge in [0.05, 0.1) is 11.6 Å². The van der Waals surface area contributed by atoms with Gasteiger partial charge < -0.3 is 15.8 Å². The van der Waals surface area contributed by atoms with E-state index < -0.39 is 12.5 Å². The maximum atomic E-state index is 12.5. The first-order chi connectivity index (χ1) is 11.5. The number of fused-ring (bicyclic) bond motifs is 1. The quantitative estimate of drug-likeness (QED) is 0.840. The van der Waals surface area contributed by atoms with Crippen LogP contribution in [0.15, 0.2) is 42.5 Å². The number of nitrogens with two attached hydrogens (primary N) is 1. The molecule has 0 aromatic heterocycles. The SMILES string of the molecule is Nc1ccc2c(c1)CCCC2NC(=O)c1ccccc1OC(F)F. The fraction of sp³-hybridized carbons (Fsp3) is 0.278. The summed E-state index contributed by atoms with van der Waals surface area (Å²) in [5.41, 5.74) is 8.74. The van der Waals surface area contributed by atoms with Gasteiger partial charge in [0.2, 0.25) is 0 Å². The summed E-state index contributed by atoms with van der Waals surface area (Å²) in [7, 11) is 0. The molecule has 3 rings (SSSR count). The molecule has 0 heterocycles. The van der Waals surface area contributed by atoms with Gasteiger partial charge in [-0.05, 0) is 54.7 Å². The van der Waals surface area contributed by atoms with Crippen LogP contribution in [0.25, 0.3) is 0 Å². The molecule has 0 aliphatic heterocycles. The Labute approximate surface area is 138 Å². The minimum Gasteiger partial charge on any atom is -0.434 e. The summed E-state index contributed by atoms with van der Waals surface area (Å²) in [5.74, 6) is -0.556. The molecule has 0 bridgehead atoms. The van der Waals surface area contributed by atoms with Crippen molar-refractivity contribution < 1.29 is 18.3 Å². The van der Waals surface area contributed by atoms with Crippen LogP contribution in [-0.2, 0) is 6.42 Å². The van der Waals surface area contributed by atoms with E-state index in [0.717, 1.165) is 30.4 Å². The van der Waals surface area contributed by atoms with Crippen LogP contribution in [0, 0.1) is 0 Å². The molecule has 1 aliphatic rings. The number of para-hydroxylation sites is 1. The van der Waals surface area contributed by atoms with Crippen LogP contribution in [-0.4, -0.2) is 12.5 Å². The van der Waals surface area contributed by atoms with Gasteiger partial charge >= 0.3 is 6.61 Å². The summed E-state index contributed by atoms with van der Waals surface area (Å²) in [6.07, 6.45) is 2.63. The highest BCUT2D eigenvalue weighted by Gasteiger charge is 2.24. The number of aryl methyl sites for hydroxylation is 1. The van der Waals surface area contributed by atoms with Crippen molar-refractivity contribution in [2.75, 3.05) is 5.73 Å². The maximum Gasteiger partial charge on any atom is 0.387 e. The number of nitrogens with one attached hydrogen (secondary N) is 1. The summed E-state index contributed by atoms with van der Waals surface area (Å²) in [6, 6.07) is 11.5. The summed E-state index contributed by atoms with van der Waals surface area (Å²) in [4.78, 5) is 12.5. The highest BCUT2D eigenvalue weighted by Crippen LogP contribution is 2.31. The van der Waals surface area contributed by atoms with Gasteiger partial charge in [-0.1, -0.05) is 18.2 Å². The largest absolute Gasteiger partial charge is 0.434 e. The first kappa shape index (κ1) is 16.2. The third-order valence-electron chi connectivity index (χ3n) is 4.13. The number of alkyl halides is 2. The van der Waals surface area contributed by atoms with Crippen LogP contribution in [0.2, 0.25) is 0 Å². The first-order valence-electron chi connectivity index (χ1n) is 7.77. The summed E-state index contributed by atoms with van der Waals surface area (Å²) < 4.78 is 29.4. The number of carbonyl (C=O) groups excluding carboxylic acids is 1. The van der Waals surface area contributed by atoms with Gasteiger partial charge in [-0.2, -0.15) is 8.78 Å². The Morgan fingerprint density at radius 3 is 2.83 bits per heavy atom. The third kappa shape index (κ3) is 3.48. The molecule has 0 fully saturated rings. The molecule has 24 heavy (non-hydrogen) atoms. The van der Waals surface area contributed by atoms with Crippen molar-refractivity contribution in [3.63, 3.8) is 0 Å². The lowest BCUT2D eigenvalue weighted by Crippen LogP contribution is -2.31. The molecule has 0 saturated heterocycles. The zero-order valence-corrected chi connectivity index (χ0v) is 13.0. The Kier molecular flexibility index (Phi) is 4.64. The third-order valence-corrected chi connectivity index (χ3v) is 4.13. The van der Waals surface area contributed by atoms with Crippen molar-refractivity contribution in [3.05, 3.63) is 59.2 Å². The molecule has 3 N–H and O–H groups in total. The van der Waals surface area contributed by atoms with Gasteiger partial charge in [0, 0.05) is 5.69 Å². The maximum absolute atomic E-state index is 12.5. The number of nitrogen functional groups attached to an aromatic ring is 1. The van der Waals surface area contributed by atoms with E-state index in [2.05, 4.69) is 10.1 Å². The van der Waals surface area contributed by atoms with Crippen molar-refractivity contribution in [1.82, 2.24) is 5.32 Å². The first-order valence-corrected chi connectivity index (χ1v) is 7.77. The van der Waals surface area contributed by atoms with E-state index in [1.54, 1.807) is 18.2 Å². The Hall–Kier alpha value is -2.63. The van der Waals surface area contributed by atoms with E-state index in [-0.39, 0.29) is 17.4 Å². The minimum absolute atomic E-state index is 0.0976. The molecule has 4 nitrogen and oxygen atoms in total. The van der Waals surface area contributed by atoms with Crippen LogP contribution in [0.1, 0.15) is 40.4 Å². The smallest absolute Gasteiger partial charge is 0.387 e. The number of ether oxygens (including phenoxy) is 1. The van der Waals surface area contributed by atoms with Crippen molar-refractivity contribution in [1.29, 1.82) is 0 Å². The molecule has 1 amide bonds.